The number of nitrogens with one attached hydrogen (secondary N) is 2. The van der Waals surface area contributed by atoms with E-state index in [0.29, 0.717) is 18.2 Å². The number of likely N-dealkylation sites (tertiary alicyclic amines) is 1. The summed E-state index contributed by atoms with van der Waals surface area (Å²) in [4.78, 5) is 23.7. The number of rotatable bonds is 10. The molecule has 7 nitrogen and oxygen atoms in total. The molecule has 0 radical (unpaired) electrons. The highest BCUT2D eigenvalue weighted by Gasteiger charge is 2.22. The van der Waals surface area contributed by atoms with Crippen LogP contribution < -0.4 is 10.8 Å². The Hall–Kier alpha value is -2.88. The summed E-state index contributed by atoms with van der Waals surface area (Å²) in [7, 11) is 1.36. The van der Waals surface area contributed by atoms with Gasteiger partial charge in [-0.05, 0) is 56.6 Å². The second-order valence-corrected chi connectivity index (χ2v) is 8.63. The molecule has 1 aliphatic heterocycles. The Morgan fingerprint density at radius 1 is 1.26 bits per heavy atom. The van der Waals surface area contributed by atoms with E-state index in [1.165, 1.54) is 38.6 Å². The molecule has 182 valence electrons. The van der Waals surface area contributed by atoms with Crippen molar-refractivity contribution >= 4 is 16.8 Å². The molecule has 1 aliphatic rings. The highest BCUT2D eigenvalue weighted by atomic mass is 19.1. The fourth-order valence-electron chi connectivity index (χ4n) is 4.77. The van der Waals surface area contributed by atoms with Gasteiger partial charge in [0.05, 0.1) is 25.4 Å². The summed E-state index contributed by atoms with van der Waals surface area (Å²) >= 11 is 0. The van der Waals surface area contributed by atoms with Gasteiger partial charge in [0.1, 0.15) is 17.3 Å². The number of hydroxylamine groups is 1. The van der Waals surface area contributed by atoms with Crippen LogP contribution in [0, 0.1) is 11.6 Å². The third-order valence-electron chi connectivity index (χ3n) is 6.51. The molecule has 1 aromatic carbocycles. The van der Waals surface area contributed by atoms with Crippen LogP contribution in [0.2, 0.25) is 0 Å². The zero-order valence-electron chi connectivity index (χ0n) is 19.6. The van der Waals surface area contributed by atoms with Crippen molar-refractivity contribution in [3.05, 3.63) is 65.1 Å². The molecule has 3 aromatic rings. The highest BCUT2D eigenvalue weighted by Crippen LogP contribution is 2.24. The Morgan fingerprint density at radius 2 is 2.12 bits per heavy atom. The maximum absolute atomic E-state index is 14.3. The average molecular weight is 472 g/mol. The lowest BCUT2D eigenvalue weighted by Gasteiger charge is -2.22. The predicted molar refractivity (Wildman–Crippen MR) is 126 cm³/mol. The van der Waals surface area contributed by atoms with Gasteiger partial charge in [-0.1, -0.05) is 13.0 Å². The first kappa shape index (κ1) is 24.3. The minimum absolute atomic E-state index is 0.224. The van der Waals surface area contributed by atoms with E-state index in [1.54, 1.807) is 12.3 Å². The van der Waals surface area contributed by atoms with E-state index >= 15 is 0 Å². The molecule has 0 aliphatic carbocycles. The number of amides is 1. The Morgan fingerprint density at radius 3 is 2.88 bits per heavy atom. The standard InChI is InChI=1S/C25H31F2N5O2/c1-3-31-10-4-5-20(31)8-9-28-13-18-16-32(15-17-6-7-19(26)11-22(17)27)24-14-29-23(12-21(18)24)25(33)30-34-2/h6-7,11-12,14,16,20,28H,3-5,8-10,13,15H2,1-2H3,(H,30,33). The Kier molecular flexibility index (Phi) is 7.87. The topological polar surface area (TPSA) is 71.4 Å². The van der Waals surface area contributed by atoms with Crippen molar-refractivity contribution in [2.75, 3.05) is 26.7 Å². The fourth-order valence-corrected chi connectivity index (χ4v) is 4.77. The lowest BCUT2D eigenvalue weighted by molar-refractivity contribution is 0.0532. The van der Waals surface area contributed by atoms with Gasteiger partial charge in [0.25, 0.3) is 5.91 Å². The van der Waals surface area contributed by atoms with Crippen molar-refractivity contribution < 1.29 is 18.4 Å². The minimum Gasteiger partial charge on any atom is -0.341 e. The number of nitrogens with zero attached hydrogens (tertiary/aromatic N) is 3. The molecule has 0 spiro atoms. The van der Waals surface area contributed by atoms with E-state index in [9.17, 15) is 13.6 Å². The number of benzene rings is 1. The molecule has 1 atom stereocenters. The first-order valence-corrected chi connectivity index (χ1v) is 11.7. The summed E-state index contributed by atoms with van der Waals surface area (Å²) in [6.45, 7) is 6.16. The number of carbonyl (C=O) groups is 1. The second-order valence-electron chi connectivity index (χ2n) is 8.63. The second kappa shape index (κ2) is 11.0. The predicted octanol–water partition coefficient (Wildman–Crippen LogP) is 3.62. The van der Waals surface area contributed by atoms with Gasteiger partial charge in [-0.15, -0.1) is 0 Å². The van der Waals surface area contributed by atoms with Gasteiger partial charge in [0.2, 0.25) is 0 Å². The summed E-state index contributed by atoms with van der Waals surface area (Å²) in [6.07, 6.45) is 7.11. The van der Waals surface area contributed by atoms with Crippen LogP contribution in [0.5, 0.6) is 0 Å². The van der Waals surface area contributed by atoms with Crippen molar-refractivity contribution in [2.24, 2.45) is 0 Å². The summed E-state index contributed by atoms with van der Waals surface area (Å²) < 4.78 is 29.5. The van der Waals surface area contributed by atoms with Crippen LogP contribution in [0.4, 0.5) is 8.78 Å². The van der Waals surface area contributed by atoms with E-state index < -0.39 is 17.5 Å². The van der Waals surface area contributed by atoms with Gasteiger partial charge < -0.3 is 14.8 Å². The molecular weight excluding hydrogens is 440 g/mol. The lowest BCUT2D eigenvalue weighted by Crippen LogP contribution is -2.32. The number of carbonyl (C=O) groups excluding carboxylic acids is 1. The molecule has 2 aromatic heterocycles. The van der Waals surface area contributed by atoms with E-state index in [4.69, 9.17) is 4.84 Å². The quantitative estimate of drug-likeness (QED) is 0.349. The van der Waals surface area contributed by atoms with Crippen LogP contribution >= 0.6 is 0 Å². The van der Waals surface area contributed by atoms with Crippen LogP contribution in [0.1, 0.15) is 47.8 Å². The molecule has 0 bridgehead atoms. The summed E-state index contributed by atoms with van der Waals surface area (Å²) in [5.41, 5.74) is 4.63. The molecule has 2 N–H and O–H groups in total. The van der Waals surface area contributed by atoms with Gasteiger partial charge in [0.15, 0.2) is 0 Å². The molecule has 1 amide bonds. The molecular formula is C25H31F2N5O2. The highest BCUT2D eigenvalue weighted by molar-refractivity contribution is 5.96. The summed E-state index contributed by atoms with van der Waals surface area (Å²) in [6, 6.07) is 5.92. The van der Waals surface area contributed by atoms with Crippen molar-refractivity contribution in [2.45, 2.75) is 45.3 Å². The van der Waals surface area contributed by atoms with Crippen LogP contribution in [-0.4, -0.2) is 53.1 Å². The maximum Gasteiger partial charge on any atom is 0.293 e. The number of pyridine rings is 1. The van der Waals surface area contributed by atoms with E-state index in [-0.39, 0.29) is 12.2 Å². The summed E-state index contributed by atoms with van der Waals surface area (Å²) in [5.74, 6) is -1.65. The van der Waals surface area contributed by atoms with Gasteiger partial charge in [-0.25, -0.2) is 19.2 Å². The Bertz CT molecular complexity index is 1150. The SMILES string of the molecule is CCN1CCCC1CCNCc1cn(Cc2ccc(F)cc2F)c2cnc(C(=O)NOC)cc12. The van der Waals surface area contributed by atoms with Crippen molar-refractivity contribution in [1.82, 2.24) is 25.2 Å². The first-order valence-electron chi connectivity index (χ1n) is 11.7. The first-order chi connectivity index (χ1) is 16.5. The molecule has 1 unspecified atom stereocenters. The summed E-state index contributed by atoms with van der Waals surface area (Å²) in [5, 5.41) is 4.38. The zero-order valence-corrected chi connectivity index (χ0v) is 19.6. The van der Waals surface area contributed by atoms with Gasteiger partial charge >= 0.3 is 0 Å². The monoisotopic (exact) mass is 471 g/mol. The van der Waals surface area contributed by atoms with Gasteiger partial charge in [0, 0.05) is 35.8 Å². The Balaban J connectivity index is 1.55. The molecule has 4 rings (SSSR count). The fraction of sp³-hybridized carbons (Fsp3) is 0.440. The minimum atomic E-state index is -0.608. The number of aromatic nitrogens is 2. The lowest BCUT2D eigenvalue weighted by atomic mass is 10.1. The Labute approximate surface area is 198 Å². The molecule has 0 saturated carbocycles. The largest absolute Gasteiger partial charge is 0.341 e. The molecule has 1 fully saturated rings. The zero-order chi connectivity index (χ0) is 24.1. The third-order valence-corrected chi connectivity index (χ3v) is 6.51. The van der Waals surface area contributed by atoms with Crippen LogP contribution in [0.15, 0.2) is 36.7 Å². The van der Waals surface area contributed by atoms with Gasteiger partial charge in [-0.2, -0.15) is 0 Å². The van der Waals surface area contributed by atoms with E-state index in [0.717, 1.165) is 42.0 Å². The molecule has 34 heavy (non-hydrogen) atoms. The van der Waals surface area contributed by atoms with Crippen molar-refractivity contribution in [3.8, 4) is 0 Å². The number of hydrogen-bond acceptors (Lipinski definition) is 5. The van der Waals surface area contributed by atoms with Crippen molar-refractivity contribution in [1.29, 1.82) is 0 Å². The average Bonchev–Trinajstić information content (AvgIpc) is 3.42. The number of hydrogen-bond donors (Lipinski definition) is 2. The number of halogens is 2. The van der Waals surface area contributed by atoms with Crippen LogP contribution in [0.25, 0.3) is 10.9 Å². The smallest absolute Gasteiger partial charge is 0.293 e. The van der Waals surface area contributed by atoms with Crippen LogP contribution in [-0.2, 0) is 17.9 Å². The van der Waals surface area contributed by atoms with Crippen LogP contribution in [0.3, 0.4) is 0 Å². The number of fused-ring (bicyclic) bond motifs is 1. The molecule has 9 heteroatoms. The third kappa shape index (κ3) is 5.43. The van der Waals surface area contributed by atoms with E-state index in [1.807, 2.05) is 10.8 Å². The molecule has 1 saturated heterocycles. The van der Waals surface area contributed by atoms with E-state index in [2.05, 4.69) is 27.6 Å². The van der Waals surface area contributed by atoms with Gasteiger partial charge in [-0.3, -0.25) is 9.63 Å². The van der Waals surface area contributed by atoms with Crippen molar-refractivity contribution in [3.63, 3.8) is 0 Å². The maximum atomic E-state index is 14.3. The molecule has 3 heterocycles. The normalized spacial score (nSPS) is 16.4.